The molecule has 1 heterocycles. The van der Waals surface area contributed by atoms with Gasteiger partial charge < -0.3 is 10.6 Å². The van der Waals surface area contributed by atoms with Crippen molar-refractivity contribution in [1.82, 2.24) is 9.55 Å². The van der Waals surface area contributed by atoms with Crippen LogP contribution in [0.25, 0.3) is 10.9 Å². The van der Waals surface area contributed by atoms with Gasteiger partial charge >= 0.3 is 6.03 Å². The van der Waals surface area contributed by atoms with Gasteiger partial charge in [-0.2, -0.15) is 0 Å². The van der Waals surface area contributed by atoms with Crippen LogP contribution in [0.2, 0.25) is 10.0 Å². The largest absolute Gasteiger partial charge is 0.323 e. The van der Waals surface area contributed by atoms with E-state index in [4.69, 9.17) is 28.2 Å². The second-order valence-electron chi connectivity index (χ2n) is 7.58. The summed E-state index contributed by atoms with van der Waals surface area (Å²) in [7, 11) is 0. The van der Waals surface area contributed by atoms with E-state index in [1.165, 1.54) is 0 Å². The van der Waals surface area contributed by atoms with Crippen LogP contribution in [0.3, 0.4) is 0 Å². The molecule has 6 nitrogen and oxygen atoms in total. The van der Waals surface area contributed by atoms with Crippen LogP contribution in [0, 0.1) is 0 Å². The van der Waals surface area contributed by atoms with Gasteiger partial charge in [0.2, 0.25) is 0 Å². The average molecular weight is 481 g/mol. The van der Waals surface area contributed by atoms with Crippen molar-refractivity contribution < 1.29 is 4.79 Å². The lowest BCUT2D eigenvalue weighted by Crippen LogP contribution is -2.26. The average Bonchev–Trinajstić information content (AvgIpc) is 2.78. The monoisotopic (exact) mass is 480 g/mol. The molecule has 0 fully saturated rings. The van der Waals surface area contributed by atoms with Gasteiger partial charge in [0.15, 0.2) is 0 Å². The molecule has 4 rings (SSSR count). The maximum Gasteiger partial charge on any atom is 0.323 e. The lowest BCUT2D eigenvalue weighted by atomic mass is 10.1. The second-order valence-corrected chi connectivity index (χ2v) is 8.43. The first-order valence-corrected chi connectivity index (χ1v) is 11.3. The molecule has 0 aliphatic heterocycles. The molecular formula is C25H22Cl2N4O2. The number of halogens is 2. The van der Waals surface area contributed by atoms with E-state index in [0.717, 1.165) is 12.0 Å². The number of hydrogen-bond acceptors (Lipinski definition) is 3. The van der Waals surface area contributed by atoms with Crippen molar-refractivity contribution in [1.29, 1.82) is 0 Å². The summed E-state index contributed by atoms with van der Waals surface area (Å²) in [4.78, 5) is 30.6. The molecule has 0 atom stereocenters. The third kappa shape index (κ3) is 5.35. The summed E-state index contributed by atoms with van der Waals surface area (Å²) in [5, 5.41) is 7.02. The number of anilines is 2. The molecule has 168 valence electrons. The number of urea groups is 1. The molecule has 1 aromatic heterocycles. The number of aromatic nitrogens is 2. The molecule has 3 aromatic carbocycles. The molecular weight excluding hydrogens is 459 g/mol. The maximum absolute atomic E-state index is 13.4. The minimum Gasteiger partial charge on any atom is -0.308 e. The van der Waals surface area contributed by atoms with E-state index in [1.807, 2.05) is 25.1 Å². The fourth-order valence-corrected chi connectivity index (χ4v) is 3.96. The second kappa shape index (κ2) is 10.1. The Kier molecular flexibility index (Phi) is 6.96. The number of fused-ring (bicyclic) bond motifs is 1. The number of amides is 2. The van der Waals surface area contributed by atoms with E-state index in [2.05, 4.69) is 10.6 Å². The van der Waals surface area contributed by atoms with Gasteiger partial charge in [-0.05, 0) is 54.4 Å². The van der Waals surface area contributed by atoms with Crippen molar-refractivity contribution in [3.63, 3.8) is 0 Å². The molecule has 2 N–H and O–H groups in total. The molecule has 0 aliphatic rings. The minimum atomic E-state index is -0.441. The van der Waals surface area contributed by atoms with Gasteiger partial charge in [0.25, 0.3) is 5.56 Å². The van der Waals surface area contributed by atoms with Gasteiger partial charge in [-0.15, -0.1) is 0 Å². The van der Waals surface area contributed by atoms with E-state index >= 15 is 0 Å². The normalized spacial score (nSPS) is 10.9. The fraction of sp³-hybridized carbons (Fsp3) is 0.160. The van der Waals surface area contributed by atoms with E-state index in [-0.39, 0.29) is 5.56 Å². The summed E-state index contributed by atoms with van der Waals surface area (Å²) >= 11 is 12.3. The molecule has 0 aliphatic carbocycles. The predicted molar refractivity (Wildman–Crippen MR) is 135 cm³/mol. The lowest BCUT2D eigenvalue weighted by Gasteiger charge is -2.15. The molecule has 8 heteroatoms. The Morgan fingerprint density at radius 2 is 1.73 bits per heavy atom. The zero-order valence-corrected chi connectivity index (χ0v) is 19.5. The van der Waals surface area contributed by atoms with Crippen molar-refractivity contribution in [2.24, 2.45) is 0 Å². The number of nitrogens with zero attached hydrogens (tertiary/aromatic N) is 2. The van der Waals surface area contributed by atoms with Crippen LogP contribution in [-0.2, 0) is 13.0 Å². The minimum absolute atomic E-state index is 0.178. The maximum atomic E-state index is 13.4. The molecule has 2 amide bonds. The van der Waals surface area contributed by atoms with Crippen LogP contribution >= 0.6 is 23.2 Å². The standard InChI is InChI=1S/C25H22Cl2N4O2/c1-2-6-23-30-22-12-11-19(29-25(33)28-18-9-5-8-17(26)13-18)14-20(22)24(32)31(23)15-16-7-3-4-10-21(16)27/h3-5,7-14H,2,6,15H2,1H3,(H2,28,29,33). The van der Waals surface area contributed by atoms with Gasteiger partial charge in [-0.3, -0.25) is 9.36 Å². The van der Waals surface area contributed by atoms with Crippen molar-refractivity contribution in [3.8, 4) is 0 Å². The van der Waals surface area contributed by atoms with Crippen molar-refractivity contribution >= 4 is 51.5 Å². The molecule has 0 radical (unpaired) electrons. The third-order valence-corrected chi connectivity index (χ3v) is 5.74. The molecule has 4 aromatic rings. The van der Waals surface area contributed by atoms with Gasteiger partial charge in [0.05, 0.1) is 17.4 Å². The Morgan fingerprint density at radius 3 is 2.45 bits per heavy atom. The Labute approximate surface area is 201 Å². The van der Waals surface area contributed by atoms with E-state index in [9.17, 15) is 9.59 Å². The first-order valence-electron chi connectivity index (χ1n) is 10.5. The SMILES string of the molecule is CCCc1nc2ccc(NC(=O)Nc3cccc(Cl)c3)cc2c(=O)n1Cc1ccccc1Cl. The summed E-state index contributed by atoms with van der Waals surface area (Å²) in [6.07, 6.45) is 1.52. The number of aryl methyl sites for hydroxylation is 1. The number of carbonyl (C=O) groups is 1. The zero-order valence-electron chi connectivity index (χ0n) is 17.9. The van der Waals surface area contributed by atoms with Crippen LogP contribution in [-0.4, -0.2) is 15.6 Å². The Balaban J connectivity index is 1.67. The van der Waals surface area contributed by atoms with Crippen LogP contribution in [0.15, 0.2) is 71.5 Å². The molecule has 0 unspecified atom stereocenters. The summed E-state index contributed by atoms with van der Waals surface area (Å²) in [6, 6.07) is 19.0. The number of rotatable bonds is 6. The van der Waals surface area contributed by atoms with E-state index < -0.39 is 6.03 Å². The lowest BCUT2D eigenvalue weighted by molar-refractivity contribution is 0.262. The van der Waals surface area contributed by atoms with Crippen LogP contribution in [0.5, 0.6) is 0 Å². The van der Waals surface area contributed by atoms with Crippen molar-refractivity contribution in [2.75, 3.05) is 10.6 Å². The summed E-state index contributed by atoms with van der Waals surface area (Å²) < 4.78 is 1.66. The van der Waals surface area contributed by atoms with Crippen molar-refractivity contribution in [2.45, 2.75) is 26.3 Å². The summed E-state index contributed by atoms with van der Waals surface area (Å²) in [5.74, 6) is 0.703. The first kappa shape index (κ1) is 22.8. The topological polar surface area (TPSA) is 76.0 Å². The quantitative estimate of drug-likeness (QED) is 0.337. The molecule has 0 saturated carbocycles. The summed E-state index contributed by atoms with van der Waals surface area (Å²) in [5.41, 5.74) is 2.29. The molecule has 0 saturated heterocycles. The number of benzene rings is 3. The number of hydrogen-bond donors (Lipinski definition) is 2. The highest BCUT2D eigenvalue weighted by Gasteiger charge is 2.14. The first-order chi connectivity index (χ1) is 15.9. The smallest absolute Gasteiger partial charge is 0.308 e. The third-order valence-electron chi connectivity index (χ3n) is 5.13. The van der Waals surface area contributed by atoms with Crippen LogP contribution in [0.1, 0.15) is 24.7 Å². The Hall–Kier alpha value is -3.35. The predicted octanol–water partition coefficient (Wildman–Crippen LogP) is 6.35. The molecule has 0 spiro atoms. The Bertz CT molecular complexity index is 1380. The Morgan fingerprint density at radius 1 is 0.970 bits per heavy atom. The summed E-state index contributed by atoms with van der Waals surface area (Å²) in [6.45, 7) is 2.37. The highest BCUT2D eigenvalue weighted by Crippen LogP contribution is 2.20. The van der Waals surface area contributed by atoms with Gasteiger partial charge in [0, 0.05) is 27.8 Å². The van der Waals surface area contributed by atoms with Gasteiger partial charge in [-0.25, -0.2) is 9.78 Å². The van der Waals surface area contributed by atoms with Crippen LogP contribution < -0.4 is 16.2 Å². The van der Waals surface area contributed by atoms with Gasteiger partial charge in [0.1, 0.15) is 5.82 Å². The zero-order chi connectivity index (χ0) is 23.4. The van der Waals surface area contributed by atoms with E-state index in [1.54, 1.807) is 53.1 Å². The van der Waals surface area contributed by atoms with Gasteiger partial charge in [-0.1, -0.05) is 54.4 Å². The number of carbonyl (C=O) groups excluding carboxylic acids is 1. The highest BCUT2D eigenvalue weighted by molar-refractivity contribution is 6.31. The molecule has 0 bridgehead atoms. The number of nitrogens with one attached hydrogen (secondary N) is 2. The van der Waals surface area contributed by atoms with Crippen LogP contribution in [0.4, 0.5) is 16.2 Å². The molecule has 33 heavy (non-hydrogen) atoms. The van der Waals surface area contributed by atoms with E-state index in [0.29, 0.717) is 51.1 Å². The highest BCUT2D eigenvalue weighted by atomic mass is 35.5. The van der Waals surface area contributed by atoms with Crippen molar-refractivity contribution in [3.05, 3.63) is 98.5 Å². The fourth-order valence-electron chi connectivity index (χ4n) is 3.58.